The minimum Gasteiger partial charge on any atom is -0.487 e. The van der Waals surface area contributed by atoms with E-state index >= 15 is 0 Å². The van der Waals surface area contributed by atoms with Crippen molar-refractivity contribution in [3.8, 4) is 5.75 Å². The lowest BCUT2D eigenvalue weighted by Crippen LogP contribution is -1.97. The average Bonchev–Trinajstić information content (AvgIpc) is 2.83. The van der Waals surface area contributed by atoms with Gasteiger partial charge in [0.1, 0.15) is 12.4 Å². The van der Waals surface area contributed by atoms with E-state index < -0.39 is 0 Å². The molecule has 5 nitrogen and oxygen atoms in total. The molecule has 0 atom stereocenters. The van der Waals surface area contributed by atoms with Crippen LogP contribution in [0.3, 0.4) is 0 Å². The number of rotatable bonds is 3. The quantitative estimate of drug-likeness (QED) is 0.699. The van der Waals surface area contributed by atoms with Gasteiger partial charge in [-0.1, -0.05) is 6.07 Å². The third-order valence-corrected chi connectivity index (χ3v) is 3.71. The lowest BCUT2D eigenvalue weighted by atomic mass is 10.1. The Labute approximate surface area is 123 Å². The molecule has 0 spiro atoms. The van der Waals surface area contributed by atoms with Crippen molar-refractivity contribution in [1.82, 2.24) is 15.2 Å². The van der Waals surface area contributed by atoms with Gasteiger partial charge in [0.15, 0.2) is 5.82 Å². The number of benzene rings is 1. The van der Waals surface area contributed by atoms with E-state index in [4.69, 9.17) is 10.5 Å². The summed E-state index contributed by atoms with van der Waals surface area (Å²) < 4.78 is 6.77. The first-order valence-corrected chi connectivity index (χ1v) is 6.77. The molecule has 19 heavy (non-hydrogen) atoms. The number of nitrogen functional groups attached to an aromatic ring is 1. The third kappa shape index (κ3) is 2.35. The number of H-pyrrole nitrogens is 1. The lowest BCUT2D eigenvalue weighted by molar-refractivity contribution is 0.306. The van der Waals surface area contributed by atoms with Gasteiger partial charge < -0.3 is 10.5 Å². The van der Waals surface area contributed by atoms with Crippen molar-refractivity contribution < 1.29 is 4.74 Å². The van der Waals surface area contributed by atoms with E-state index in [2.05, 4.69) is 37.8 Å². The van der Waals surface area contributed by atoms with Gasteiger partial charge in [-0.15, -0.1) is 0 Å². The van der Waals surface area contributed by atoms with Crippen LogP contribution in [0.1, 0.15) is 5.56 Å². The fraction of sp³-hybridized carbons (Fsp3) is 0.0769. The topological polar surface area (TPSA) is 76.8 Å². The Bertz CT molecular complexity index is 711. The van der Waals surface area contributed by atoms with Crippen LogP contribution in [-0.4, -0.2) is 15.2 Å². The number of aromatic nitrogens is 3. The Morgan fingerprint density at radius 2 is 2.21 bits per heavy atom. The van der Waals surface area contributed by atoms with Gasteiger partial charge in [-0.2, -0.15) is 5.10 Å². The molecular weight excluding hydrogens is 355 g/mol. The van der Waals surface area contributed by atoms with Gasteiger partial charge in [0.2, 0.25) is 0 Å². The molecule has 0 aliphatic heterocycles. The summed E-state index contributed by atoms with van der Waals surface area (Å²) in [5, 5.41) is 7.96. The number of anilines is 1. The number of aromatic amines is 1. The minimum atomic E-state index is 0.445. The molecule has 0 aliphatic rings. The number of ether oxygens (including phenoxy) is 1. The summed E-state index contributed by atoms with van der Waals surface area (Å²) >= 11 is 2.25. The standard InChI is InChI=1S/C13H11IN4O/c14-10-4-3-8(12-11(10)13(15)18-17-12)7-19-9-2-1-5-16-6-9/h1-6H,7H2,(H3,15,17,18). The zero-order chi connectivity index (χ0) is 13.2. The molecule has 0 saturated heterocycles. The van der Waals surface area contributed by atoms with Crippen molar-refractivity contribution in [3.05, 3.63) is 45.8 Å². The predicted molar refractivity (Wildman–Crippen MR) is 81.8 cm³/mol. The summed E-state index contributed by atoms with van der Waals surface area (Å²) in [5.74, 6) is 1.25. The summed E-state index contributed by atoms with van der Waals surface area (Å²) in [6.07, 6.45) is 3.40. The molecule has 0 unspecified atom stereocenters. The molecular formula is C13H11IN4O. The fourth-order valence-electron chi connectivity index (χ4n) is 1.88. The van der Waals surface area contributed by atoms with Crippen LogP contribution in [0.5, 0.6) is 5.75 Å². The average molecular weight is 366 g/mol. The second-order valence-electron chi connectivity index (χ2n) is 4.04. The van der Waals surface area contributed by atoms with Crippen molar-refractivity contribution in [3.63, 3.8) is 0 Å². The van der Waals surface area contributed by atoms with Crippen molar-refractivity contribution in [2.24, 2.45) is 0 Å². The molecule has 0 amide bonds. The summed E-state index contributed by atoms with van der Waals surface area (Å²) in [6, 6.07) is 7.74. The van der Waals surface area contributed by atoms with Crippen LogP contribution < -0.4 is 10.5 Å². The molecule has 0 bridgehead atoms. The van der Waals surface area contributed by atoms with Crippen LogP contribution in [0.2, 0.25) is 0 Å². The van der Waals surface area contributed by atoms with Gasteiger partial charge in [-0.3, -0.25) is 10.1 Å². The molecule has 3 aromatic rings. The molecule has 6 heteroatoms. The van der Waals surface area contributed by atoms with Crippen LogP contribution in [0.15, 0.2) is 36.7 Å². The van der Waals surface area contributed by atoms with E-state index in [1.807, 2.05) is 24.3 Å². The highest BCUT2D eigenvalue weighted by atomic mass is 127. The molecule has 0 radical (unpaired) electrons. The normalized spacial score (nSPS) is 10.8. The molecule has 0 fully saturated rings. The van der Waals surface area contributed by atoms with E-state index in [-0.39, 0.29) is 0 Å². The van der Waals surface area contributed by atoms with Crippen molar-refractivity contribution in [2.75, 3.05) is 5.73 Å². The Morgan fingerprint density at radius 1 is 1.32 bits per heavy atom. The number of hydrogen-bond donors (Lipinski definition) is 2. The van der Waals surface area contributed by atoms with E-state index in [1.165, 1.54) is 0 Å². The number of halogens is 1. The minimum absolute atomic E-state index is 0.445. The van der Waals surface area contributed by atoms with E-state index in [0.29, 0.717) is 12.4 Å². The second-order valence-corrected chi connectivity index (χ2v) is 5.20. The Kier molecular flexibility index (Phi) is 3.24. The zero-order valence-corrected chi connectivity index (χ0v) is 12.1. The first-order valence-electron chi connectivity index (χ1n) is 5.69. The maximum absolute atomic E-state index is 5.86. The second kappa shape index (κ2) is 5.04. The van der Waals surface area contributed by atoms with Crippen LogP contribution in [-0.2, 0) is 6.61 Å². The highest BCUT2D eigenvalue weighted by Crippen LogP contribution is 2.27. The first kappa shape index (κ1) is 12.2. The highest BCUT2D eigenvalue weighted by Gasteiger charge is 2.11. The molecule has 0 aliphatic carbocycles. The van der Waals surface area contributed by atoms with E-state index in [1.54, 1.807) is 12.4 Å². The molecule has 0 saturated carbocycles. The number of hydrogen-bond acceptors (Lipinski definition) is 4. The van der Waals surface area contributed by atoms with Gasteiger partial charge in [-0.05, 0) is 40.8 Å². The Hall–Kier alpha value is -1.83. The van der Waals surface area contributed by atoms with E-state index in [9.17, 15) is 0 Å². The third-order valence-electron chi connectivity index (χ3n) is 2.81. The first-order chi connectivity index (χ1) is 9.25. The van der Waals surface area contributed by atoms with Crippen molar-refractivity contribution >= 4 is 39.3 Å². The van der Waals surface area contributed by atoms with Gasteiger partial charge in [0.25, 0.3) is 0 Å². The maximum atomic E-state index is 5.86. The number of pyridine rings is 1. The Morgan fingerprint density at radius 3 is 3.00 bits per heavy atom. The summed E-state index contributed by atoms with van der Waals surface area (Å²) in [4.78, 5) is 4.01. The summed E-state index contributed by atoms with van der Waals surface area (Å²) in [5.41, 5.74) is 7.80. The van der Waals surface area contributed by atoms with Gasteiger partial charge >= 0.3 is 0 Å². The van der Waals surface area contributed by atoms with Crippen LogP contribution >= 0.6 is 22.6 Å². The number of fused-ring (bicyclic) bond motifs is 1. The number of nitrogens with zero attached hydrogens (tertiary/aromatic N) is 2. The van der Waals surface area contributed by atoms with Gasteiger partial charge in [-0.25, -0.2) is 0 Å². The molecule has 3 N–H and O–H groups in total. The molecule has 3 rings (SSSR count). The van der Waals surface area contributed by atoms with Gasteiger partial charge in [0.05, 0.1) is 17.1 Å². The number of nitrogens with two attached hydrogens (primary N) is 1. The molecule has 96 valence electrons. The smallest absolute Gasteiger partial charge is 0.154 e. The van der Waals surface area contributed by atoms with Crippen LogP contribution in [0, 0.1) is 3.57 Å². The van der Waals surface area contributed by atoms with E-state index in [0.717, 1.165) is 25.8 Å². The molecule has 2 aromatic heterocycles. The lowest BCUT2D eigenvalue weighted by Gasteiger charge is -2.07. The molecule has 1 aromatic carbocycles. The Balaban J connectivity index is 1.92. The zero-order valence-electron chi connectivity index (χ0n) is 9.93. The maximum Gasteiger partial charge on any atom is 0.154 e. The number of nitrogens with one attached hydrogen (secondary N) is 1. The summed E-state index contributed by atoms with van der Waals surface area (Å²) in [7, 11) is 0. The van der Waals surface area contributed by atoms with Crippen molar-refractivity contribution in [1.29, 1.82) is 0 Å². The SMILES string of the molecule is Nc1n[nH]c2c(COc3cccnc3)ccc(I)c12. The molecule has 2 heterocycles. The van der Waals surface area contributed by atoms with Gasteiger partial charge in [0, 0.05) is 15.3 Å². The van der Waals surface area contributed by atoms with Crippen LogP contribution in [0.25, 0.3) is 10.9 Å². The van der Waals surface area contributed by atoms with Crippen molar-refractivity contribution in [2.45, 2.75) is 6.61 Å². The monoisotopic (exact) mass is 366 g/mol. The fourth-order valence-corrected chi connectivity index (χ4v) is 2.61. The largest absolute Gasteiger partial charge is 0.487 e. The van der Waals surface area contributed by atoms with Crippen LogP contribution in [0.4, 0.5) is 5.82 Å². The highest BCUT2D eigenvalue weighted by molar-refractivity contribution is 14.1. The summed E-state index contributed by atoms with van der Waals surface area (Å²) in [6.45, 7) is 0.445. The predicted octanol–water partition coefficient (Wildman–Crippen LogP) is 2.72.